The van der Waals surface area contributed by atoms with Crippen LogP contribution in [0.1, 0.15) is 0 Å². The molecule has 0 saturated heterocycles. The molecule has 8 heteroatoms. The van der Waals surface area contributed by atoms with Crippen molar-refractivity contribution < 1.29 is 4.57 Å². The number of rotatable bonds is 5. The van der Waals surface area contributed by atoms with Crippen LogP contribution in [0.2, 0.25) is 0 Å². The minimum absolute atomic E-state index is 0.397. The molecule has 0 radical (unpaired) electrons. The van der Waals surface area contributed by atoms with Gasteiger partial charge in [0.15, 0.2) is 5.82 Å². The van der Waals surface area contributed by atoms with Crippen LogP contribution >= 0.6 is 30.8 Å². The van der Waals surface area contributed by atoms with Gasteiger partial charge in [0.1, 0.15) is 0 Å². The summed E-state index contributed by atoms with van der Waals surface area (Å²) in [6, 6.07) is 3.62. The molecule has 1 aliphatic rings. The largest absolute Gasteiger partial charge is 0.331 e. The fraction of sp³-hybridized carbons (Fsp3) is 0.444. The fourth-order valence-electron chi connectivity index (χ4n) is 1.65. The SMILES string of the molecule is O=P1(N(CCCl)CCCl)Nc2cccnc2N1. The van der Waals surface area contributed by atoms with Crippen LogP contribution in [-0.4, -0.2) is 34.5 Å². The lowest BCUT2D eigenvalue weighted by atomic mass is 10.4. The van der Waals surface area contributed by atoms with Crippen LogP contribution in [-0.2, 0) is 4.57 Å². The van der Waals surface area contributed by atoms with Gasteiger partial charge in [0.25, 0.3) is 0 Å². The van der Waals surface area contributed by atoms with Crippen molar-refractivity contribution in [1.82, 2.24) is 9.65 Å². The monoisotopic (exact) mass is 294 g/mol. The summed E-state index contributed by atoms with van der Waals surface area (Å²) in [7, 11) is -2.89. The van der Waals surface area contributed by atoms with Gasteiger partial charge in [-0.2, -0.15) is 0 Å². The number of aromatic nitrogens is 1. The standard InChI is InChI=1S/C9H13Cl2N4OP/c10-3-6-15(7-4-11)17(16)13-8-2-1-5-12-9(8)14-17/h1-2,5H,3-4,6-7H2,(H2,12,13,14,16). The van der Waals surface area contributed by atoms with E-state index in [-0.39, 0.29) is 0 Å². The molecule has 5 nitrogen and oxygen atoms in total. The van der Waals surface area contributed by atoms with E-state index in [2.05, 4.69) is 15.2 Å². The highest BCUT2D eigenvalue weighted by Gasteiger charge is 2.36. The smallest absolute Gasteiger partial charge is 0.305 e. The van der Waals surface area contributed by atoms with Crippen LogP contribution in [0, 0.1) is 0 Å². The molecule has 2 N–H and O–H groups in total. The zero-order chi connectivity index (χ0) is 12.3. The molecule has 0 aromatic carbocycles. The first-order valence-electron chi connectivity index (χ1n) is 5.18. The molecule has 0 amide bonds. The predicted molar refractivity (Wildman–Crippen MR) is 72.1 cm³/mol. The topological polar surface area (TPSA) is 57.3 Å². The second-order valence-corrected chi connectivity index (χ2v) is 6.45. The number of alkyl halides is 2. The van der Waals surface area contributed by atoms with Crippen molar-refractivity contribution >= 4 is 42.3 Å². The van der Waals surface area contributed by atoms with Crippen LogP contribution in [0.3, 0.4) is 0 Å². The van der Waals surface area contributed by atoms with E-state index in [1.165, 1.54) is 0 Å². The van der Waals surface area contributed by atoms with Crippen molar-refractivity contribution in [3.05, 3.63) is 18.3 Å². The molecule has 2 heterocycles. The molecule has 0 saturated carbocycles. The number of halogens is 2. The second kappa shape index (κ2) is 5.44. The van der Waals surface area contributed by atoms with Gasteiger partial charge in [-0.05, 0) is 12.1 Å². The summed E-state index contributed by atoms with van der Waals surface area (Å²) in [6.45, 7) is 0.999. The molecule has 0 spiro atoms. The van der Waals surface area contributed by atoms with Gasteiger partial charge in [-0.15, -0.1) is 23.2 Å². The predicted octanol–water partition coefficient (Wildman–Crippen LogP) is 2.81. The summed E-state index contributed by atoms with van der Waals surface area (Å²) in [5, 5.41) is 5.89. The highest BCUT2D eigenvalue weighted by Crippen LogP contribution is 2.55. The Bertz CT molecular complexity index is 410. The Morgan fingerprint density at radius 2 is 2.00 bits per heavy atom. The highest BCUT2D eigenvalue weighted by atomic mass is 35.5. The Labute approximate surface area is 110 Å². The molecule has 2 rings (SSSR count). The lowest BCUT2D eigenvalue weighted by Crippen LogP contribution is -2.29. The zero-order valence-corrected chi connectivity index (χ0v) is 11.5. The fourth-order valence-corrected chi connectivity index (χ4v) is 4.37. The number of nitrogens with one attached hydrogen (secondary N) is 2. The molecule has 0 bridgehead atoms. The zero-order valence-electron chi connectivity index (χ0n) is 9.07. The lowest BCUT2D eigenvalue weighted by Gasteiger charge is -2.26. The number of pyridine rings is 1. The van der Waals surface area contributed by atoms with Crippen LogP contribution in [0.15, 0.2) is 18.3 Å². The van der Waals surface area contributed by atoms with Gasteiger partial charge >= 0.3 is 7.59 Å². The molecule has 0 aliphatic carbocycles. The molecule has 0 fully saturated rings. The molecule has 94 valence electrons. The van der Waals surface area contributed by atoms with Crippen molar-refractivity contribution in [2.24, 2.45) is 0 Å². The highest BCUT2D eigenvalue weighted by molar-refractivity contribution is 7.65. The molecule has 1 aromatic heterocycles. The molecule has 1 aliphatic heterocycles. The molecule has 17 heavy (non-hydrogen) atoms. The maximum absolute atomic E-state index is 12.7. The van der Waals surface area contributed by atoms with Gasteiger partial charge < -0.3 is 5.09 Å². The van der Waals surface area contributed by atoms with Crippen LogP contribution in [0.4, 0.5) is 11.5 Å². The van der Waals surface area contributed by atoms with Gasteiger partial charge in [-0.3, -0.25) is 9.65 Å². The van der Waals surface area contributed by atoms with Crippen molar-refractivity contribution in [3.63, 3.8) is 0 Å². The summed E-state index contributed by atoms with van der Waals surface area (Å²) >= 11 is 11.4. The van der Waals surface area contributed by atoms with E-state index in [1.807, 2.05) is 6.07 Å². The maximum atomic E-state index is 12.7. The average molecular weight is 295 g/mol. The summed E-state index contributed by atoms with van der Waals surface area (Å²) in [5.41, 5.74) is 0.741. The van der Waals surface area contributed by atoms with E-state index in [0.29, 0.717) is 30.7 Å². The van der Waals surface area contributed by atoms with Crippen LogP contribution in [0.5, 0.6) is 0 Å². The molecular weight excluding hydrogens is 282 g/mol. The second-order valence-electron chi connectivity index (χ2n) is 3.53. The number of hydrogen-bond acceptors (Lipinski definition) is 2. The van der Waals surface area contributed by atoms with E-state index >= 15 is 0 Å². The van der Waals surface area contributed by atoms with E-state index in [1.54, 1.807) is 16.9 Å². The van der Waals surface area contributed by atoms with Gasteiger partial charge in [-0.1, -0.05) is 0 Å². The third kappa shape index (κ3) is 2.68. The van der Waals surface area contributed by atoms with Crippen molar-refractivity contribution in [1.29, 1.82) is 0 Å². The van der Waals surface area contributed by atoms with Crippen LogP contribution < -0.4 is 10.2 Å². The minimum atomic E-state index is -2.89. The first kappa shape index (κ1) is 13.0. The maximum Gasteiger partial charge on any atom is 0.331 e. The first-order chi connectivity index (χ1) is 8.19. The van der Waals surface area contributed by atoms with E-state index in [0.717, 1.165) is 5.69 Å². The Morgan fingerprint density at radius 3 is 2.59 bits per heavy atom. The summed E-state index contributed by atoms with van der Waals surface area (Å²) in [4.78, 5) is 4.12. The molecule has 1 unspecified atom stereocenters. The van der Waals surface area contributed by atoms with Crippen molar-refractivity contribution in [2.75, 3.05) is 35.0 Å². The Balaban J connectivity index is 2.19. The van der Waals surface area contributed by atoms with Crippen molar-refractivity contribution in [2.45, 2.75) is 0 Å². The quantitative estimate of drug-likeness (QED) is 0.646. The number of anilines is 2. The van der Waals surface area contributed by atoms with Gasteiger partial charge in [0.05, 0.1) is 5.69 Å². The Morgan fingerprint density at radius 1 is 1.29 bits per heavy atom. The normalized spacial score (nSPS) is 22.1. The minimum Gasteiger partial charge on any atom is -0.305 e. The first-order valence-corrected chi connectivity index (χ1v) is 7.91. The third-order valence-corrected chi connectivity index (χ3v) is 5.01. The van der Waals surface area contributed by atoms with E-state index in [4.69, 9.17) is 23.2 Å². The Kier molecular flexibility index (Phi) is 4.15. The molecular formula is C9H13Cl2N4OP. The summed E-state index contributed by atoms with van der Waals surface area (Å²) < 4.78 is 14.4. The number of fused-ring (bicyclic) bond motifs is 1. The Hall–Kier alpha value is -0.480. The van der Waals surface area contributed by atoms with Gasteiger partial charge in [0, 0.05) is 31.0 Å². The molecule has 1 aromatic rings. The van der Waals surface area contributed by atoms with Crippen LogP contribution in [0.25, 0.3) is 0 Å². The lowest BCUT2D eigenvalue weighted by molar-refractivity contribution is 0.455. The van der Waals surface area contributed by atoms with E-state index in [9.17, 15) is 4.57 Å². The van der Waals surface area contributed by atoms with Gasteiger partial charge in [-0.25, -0.2) is 9.65 Å². The average Bonchev–Trinajstić information content (AvgIpc) is 2.66. The number of nitrogens with zero attached hydrogens (tertiary/aromatic N) is 2. The summed E-state index contributed by atoms with van der Waals surface area (Å²) in [5.74, 6) is 1.40. The van der Waals surface area contributed by atoms with Gasteiger partial charge in [0.2, 0.25) is 0 Å². The number of hydrogen-bond donors (Lipinski definition) is 2. The van der Waals surface area contributed by atoms with Crippen molar-refractivity contribution in [3.8, 4) is 0 Å². The third-order valence-electron chi connectivity index (χ3n) is 2.42. The van der Waals surface area contributed by atoms with E-state index < -0.39 is 7.59 Å². The summed E-state index contributed by atoms with van der Waals surface area (Å²) in [6.07, 6.45) is 1.65. The molecule has 1 atom stereocenters.